The molecular formula is C8H22N2O2. The van der Waals surface area contributed by atoms with Gasteiger partial charge in [0.15, 0.2) is 0 Å². The molecule has 0 saturated heterocycles. The molecular weight excluding hydrogens is 156 g/mol. The molecule has 0 saturated carbocycles. The second-order valence-corrected chi connectivity index (χ2v) is 2.66. The molecule has 0 aromatic rings. The number of nitrogens with zero attached hydrogens (tertiary/aromatic N) is 1. The Kier molecular flexibility index (Phi) is 13.0. The molecule has 76 valence electrons. The first-order chi connectivity index (χ1) is 5.70. The topological polar surface area (TPSA) is 69.7 Å². The Morgan fingerprint density at radius 1 is 1.25 bits per heavy atom. The lowest BCUT2D eigenvalue weighted by molar-refractivity contribution is 0.160. The molecule has 0 aliphatic heterocycles. The predicted octanol–water partition coefficient (Wildman–Crippen LogP) is 0.433. The minimum absolute atomic E-state index is 0.152. The van der Waals surface area contributed by atoms with Crippen molar-refractivity contribution in [1.82, 2.24) is 4.90 Å². The summed E-state index contributed by atoms with van der Waals surface area (Å²) in [5, 5.41) is 15.5. The van der Waals surface area contributed by atoms with Gasteiger partial charge in [-0.15, -0.1) is 0 Å². The number of hydrogen-bond donors (Lipinski definition) is 3. The average molecular weight is 178 g/mol. The van der Waals surface area contributed by atoms with Crippen molar-refractivity contribution < 1.29 is 10.3 Å². The molecule has 0 amide bonds. The normalized spacial score (nSPS) is 12.2. The Labute approximate surface area is 74.9 Å². The summed E-state index contributed by atoms with van der Waals surface area (Å²) in [6.07, 6.45) is 0.738. The Balaban J connectivity index is 0. The summed E-state index contributed by atoms with van der Waals surface area (Å²) in [6.45, 7) is 9.32. The molecule has 4 heteroatoms. The fraction of sp³-hybridized carbons (Fsp3) is 1.00. The summed E-state index contributed by atoms with van der Waals surface area (Å²) in [5.74, 6) is 3.50. The molecule has 12 heavy (non-hydrogen) atoms. The van der Waals surface area contributed by atoms with Crippen LogP contribution in [-0.2, 0) is 0 Å². The maximum Gasteiger partial charge on any atom is 0.0524 e. The lowest BCUT2D eigenvalue weighted by atomic mass is 10.3. The highest BCUT2D eigenvalue weighted by Gasteiger charge is 2.00. The molecule has 0 bridgehead atoms. The van der Waals surface area contributed by atoms with Gasteiger partial charge in [0.2, 0.25) is 0 Å². The molecule has 4 nitrogen and oxygen atoms in total. The number of rotatable bonds is 5. The van der Waals surface area contributed by atoms with E-state index < -0.39 is 0 Å². The van der Waals surface area contributed by atoms with Gasteiger partial charge in [0.1, 0.15) is 0 Å². The third-order valence-corrected chi connectivity index (χ3v) is 1.76. The van der Waals surface area contributed by atoms with Crippen molar-refractivity contribution in [1.29, 1.82) is 0 Å². The standard InChI is InChI=1S/C8H19NO.H3NO/c1-4-9(5-2)7-6-8(3)10;1-2/h8,10H,4-7H2,1-3H3;2H,1H2. The van der Waals surface area contributed by atoms with Crippen molar-refractivity contribution in [3.8, 4) is 0 Å². The predicted molar refractivity (Wildman–Crippen MR) is 50.1 cm³/mol. The van der Waals surface area contributed by atoms with Crippen LogP contribution in [0, 0.1) is 0 Å². The van der Waals surface area contributed by atoms with Crippen LogP contribution in [0.2, 0.25) is 0 Å². The van der Waals surface area contributed by atoms with Gasteiger partial charge in [0.25, 0.3) is 0 Å². The number of hydrogen-bond acceptors (Lipinski definition) is 4. The van der Waals surface area contributed by atoms with Crippen LogP contribution in [0.15, 0.2) is 0 Å². The lowest BCUT2D eigenvalue weighted by Gasteiger charge is -2.18. The zero-order valence-electron chi connectivity index (χ0n) is 8.32. The summed E-state index contributed by atoms with van der Waals surface area (Å²) in [5.41, 5.74) is 0. The molecule has 0 spiro atoms. The van der Waals surface area contributed by atoms with Gasteiger partial charge >= 0.3 is 0 Å². The molecule has 1 unspecified atom stereocenters. The highest BCUT2D eigenvalue weighted by molar-refractivity contribution is 4.55. The Bertz CT molecular complexity index is 75.5. The van der Waals surface area contributed by atoms with Crippen molar-refractivity contribution >= 4 is 0 Å². The van der Waals surface area contributed by atoms with Gasteiger partial charge in [-0.25, -0.2) is 5.90 Å². The summed E-state index contributed by atoms with van der Waals surface area (Å²) in [6, 6.07) is 0. The second-order valence-electron chi connectivity index (χ2n) is 2.66. The highest BCUT2D eigenvalue weighted by Crippen LogP contribution is 1.94. The second kappa shape index (κ2) is 10.8. The smallest absolute Gasteiger partial charge is 0.0524 e. The molecule has 0 radical (unpaired) electrons. The molecule has 1 atom stereocenters. The largest absolute Gasteiger partial charge is 0.393 e. The van der Waals surface area contributed by atoms with Crippen LogP contribution in [0.1, 0.15) is 27.2 Å². The van der Waals surface area contributed by atoms with Crippen molar-refractivity contribution in [2.24, 2.45) is 5.90 Å². The Morgan fingerprint density at radius 2 is 1.67 bits per heavy atom. The van der Waals surface area contributed by atoms with Crippen molar-refractivity contribution in [3.63, 3.8) is 0 Å². The van der Waals surface area contributed by atoms with E-state index in [2.05, 4.69) is 24.6 Å². The van der Waals surface area contributed by atoms with Gasteiger partial charge in [-0.1, -0.05) is 13.8 Å². The van der Waals surface area contributed by atoms with E-state index in [-0.39, 0.29) is 6.10 Å². The van der Waals surface area contributed by atoms with Crippen LogP contribution in [0.25, 0.3) is 0 Å². The quantitative estimate of drug-likeness (QED) is 0.534. The first kappa shape index (κ1) is 14.4. The van der Waals surface area contributed by atoms with Crippen LogP contribution in [0.5, 0.6) is 0 Å². The summed E-state index contributed by atoms with van der Waals surface area (Å²) in [4.78, 5) is 2.31. The van der Waals surface area contributed by atoms with Gasteiger partial charge < -0.3 is 15.2 Å². The maximum absolute atomic E-state index is 8.97. The van der Waals surface area contributed by atoms with E-state index in [0.717, 1.165) is 26.1 Å². The van der Waals surface area contributed by atoms with Gasteiger partial charge in [0, 0.05) is 6.54 Å². The molecule has 0 aliphatic rings. The minimum atomic E-state index is -0.152. The van der Waals surface area contributed by atoms with E-state index in [0.29, 0.717) is 0 Å². The lowest BCUT2D eigenvalue weighted by Crippen LogP contribution is -2.26. The van der Waals surface area contributed by atoms with E-state index in [9.17, 15) is 0 Å². The Hall–Kier alpha value is -0.160. The molecule has 0 aromatic heterocycles. The first-order valence-corrected chi connectivity index (χ1v) is 4.36. The van der Waals surface area contributed by atoms with Gasteiger partial charge in [-0.2, -0.15) is 0 Å². The van der Waals surface area contributed by atoms with Crippen LogP contribution in [-0.4, -0.2) is 41.0 Å². The van der Waals surface area contributed by atoms with E-state index in [1.165, 1.54) is 0 Å². The van der Waals surface area contributed by atoms with Crippen LogP contribution >= 0.6 is 0 Å². The minimum Gasteiger partial charge on any atom is -0.393 e. The number of aliphatic hydroxyl groups is 1. The zero-order chi connectivity index (χ0) is 9.98. The first-order valence-electron chi connectivity index (χ1n) is 4.36. The van der Waals surface area contributed by atoms with E-state index in [4.69, 9.17) is 10.3 Å². The molecule has 0 fully saturated rings. The van der Waals surface area contributed by atoms with E-state index in [1.807, 2.05) is 6.92 Å². The van der Waals surface area contributed by atoms with Crippen LogP contribution in [0.4, 0.5) is 0 Å². The van der Waals surface area contributed by atoms with Gasteiger partial charge in [0.05, 0.1) is 6.10 Å². The highest BCUT2D eigenvalue weighted by atomic mass is 16.4. The molecule has 0 heterocycles. The van der Waals surface area contributed by atoms with Gasteiger partial charge in [-0.05, 0) is 26.4 Å². The monoisotopic (exact) mass is 178 g/mol. The number of aliphatic hydroxyl groups excluding tert-OH is 1. The van der Waals surface area contributed by atoms with Crippen molar-refractivity contribution in [3.05, 3.63) is 0 Å². The summed E-state index contributed by atoms with van der Waals surface area (Å²) < 4.78 is 0. The molecule has 0 aromatic carbocycles. The van der Waals surface area contributed by atoms with Crippen molar-refractivity contribution in [2.45, 2.75) is 33.3 Å². The Morgan fingerprint density at radius 3 is 1.92 bits per heavy atom. The third kappa shape index (κ3) is 9.84. The maximum atomic E-state index is 8.97. The van der Waals surface area contributed by atoms with Crippen molar-refractivity contribution in [2.75, 3.05) is 19.6 Å². The van der Waals surface area contributed by atoms with Crippen LogP contribution in [0.3, 0.4) is 0 Å². The fourth-order valence-corrected chi connectivity index (χ4v) is 0.909. The van der Waals surface area contributed by atoms with E-state index in [1.54, 1.807) is 0 Å². The zero-order valence-corrected chi connectivity index (χ0v) is 8.32. The molecule has 0 rings (SSSR count). The SMILES string of the molecule is CCN(CC)CCC(C)O.NO. The molecule has 0 aliphatic carbocycles. The summed E-state index contributed by atoms with van der Waals surface area (Å²) in [7, 11) is 0. The molecule has 4 N–H and O–H groups in total. The fourth-order valence-electron chi connectivity index (χ4n) is 0.909. The third-order valence-electron chi connectivity index (χ3n) is 1.76. The average Bonchev–Trinajstić information content (AvgIpc) is 2.09. The summed E-state index contributed by atoms with van der Waals surface area (Å²) >= 11 is 0. The van der Waals surface area contributed by atoms with Gasteiger partial charge in [-0.3, -0.25) is 0 Å². The van der Waals surface area contributed by atoms with Crippen LogP contribution < -0.4 is 5.90 Å². The van der Waals surface area contributed by atoms with E-state index >= 15 is 0 Å². The number of nitrogens with two attached hydrogens (primary N) is 1.